The van der Waals surface area contributed by atoms with Crippen LogP contribution >= 0.6 is 0 Å². The Balaban J connectivity index is 4.38. The molecule has 0 spiro atoms. The molecule has 0 rings (SSSR count). The zero-order valence-electron chi connectivity index (χ0n) is 8.66. The van der Waals surface area contributed by atoms with E-state index in [4.69, 9.17) is 5.11 Å². The van der Waals surface area contributed by atoms with E-state index in [2.05, 4.69) is 4.99 Å². The van der Waals surface area contributed by atoms with Crippen LogP contribution in [0, 0.1) is 5.92 Å². The summed E-state index contributed by atoms with van der Waals surface area (Å²) in [5, 5.41) is 9.12. The second kappa shape index (κ2) is 5.51. The van der Waals surface area contributed by atoms with Gasteiger partial charge in [0.2, 0.25) is 0 Å². The van der Waals surface area contributed by atoms with Gasteiger partial charge in [0, 0.05) is 12.8 Å². The maximum atomic E-state index is 11.0. The molecule has 0 aromatic rings. The summed E-state index contributed by atoms with van der Waals surface area (Å²) in [4.78, 5) is 15.0. The third-order valence-corrected chi connectivity index (χ3v) is 1.46. The highest BCUT2D eigenvalue weighted by molar-refractivity contribution is 6.12. The fraction of sp³-hybridized carbons (Fsp3) is 0.600. The summed E-state index contributed by atoms with van der Waals surface area (Å²) >= 11 is 0. The third-order valence-electron chi connectivity index (χ3n) is 1.46. The predicted molar refractivity (Wildman–Crippen MR) is 54.2 cm³/mol. The number of ketones is 1. The number of aliphatic hydroxyl groups is 1. The molecule has 0 aliphatic heterocycles. The fourth-order valence-electron chi connectivity index (χ4n) is 0.794. The van der Waals surface area contributed by atoms with Crippen molar-refractivity contribution in [3.05, 3.63) is 11.3 Å². The summed E-state index contributed by atoms with van der Waals surface area (Å²) in [5.41, 5.74) is 0.292. The molecule has 0 aromatic carbocycles. The normalized spacial score (nSPS) is 13.6. The molecule has 13 heavy (non-hydrogen) atoms. The first-order valence-electron chi connectivity index (χ1n) is 4.35. The monoisotopic (exact) mass is 183 g/mol. The Kier molecular flexibility index (Phi) is 5.04. The molecule has 0 saturated carbocycles. The maximum Gasteiger partial charge on any atom is 0.164 e. The number of hydrogen-bond acceptors (Lipinski definition) is 3. The number of carbonyl (C=O) groups is 1. The predicted octanol–water partition coefficient (Wildman–Crippen LogP) is 2.13. The van der Waals surface area contributed by atoms with Gasteiger partial charge in [-0.25, -0.2) is 0 Å². The van der Waals surface area contributed by atoms with Crippen LogP contribution in [0.2, 0.25) is 0 Å². The van der Waals surface area contributed by atoms with Gasteiger partial charge in [-0.15, -0.1) is 0 Å². The lowest BCUT2D eigenvalue weighted by Crippen LogP contribution is -2.03. The number of Topliss-reactive ketones (excluding diaryl/α,β-unsaturated/α-hetero) is 1. The van der Waals surface area contributed by atoms with Gasteiger partial charge in [-0.1, -0.05) is 13.8 Å². The highest BCUT2D eigenvalue weighted by Gasteiger charge is 2.03. The third kappa shape index (κ3) is 5.17. The number of allylic oxidation sites excluding steroid dienone is 2. The van der Waals surface area contributed by atoms with Gasteiger partial charge >= 0.3 is 0 Å². The molecular weight excluding hydrogens is 166 g/mol. The first-order chi connectivity index (χ1) is 5.95. The minimum atomic E-state index is -0.160. The Morgan fingerprint density at radius 2 is 2.00 bits per heavy atom. The molecule has 0 saturated heterocycles. The highest BCUT2D eigenvalue weighted by atomic mass is 16.3. The molecule has 0 aliphatic rings. The molecule has 0 heterocycles. The van der Waals surface area contributed by atoms with E-state index >= 15 is 0 Å². The van der Waals surface area contributed by atoms with E-state index in [1.54, 1.807) is 0 Å². The number of aliphatic imine (C=N–C) groups is 1. The molecule has 0 amide bonds. The second-order valence-electron chi connectivity index (χ2n) is 3.44. The largest absolute Gasteiger partial charge is 0.512 e. The van der Waals surface area contributed by atoms with Gasteiger partial charge in [-0.3, -0.25) is 9.79 Å². The first-order valence-corrected chi connectivity index (χ1v) is 4.35. The summed E-state index contributed by atoms with van der Waals surface area (Å²) in [7, 11) is 0. The number of rotatable bonds is 4. The molecule has 0 atom stereocenters. The van der Waals surface area contributed by atoms with Crippen LogP contribution in [0.25, 0.3) is 0 Å². The molecule has 0 aromatic heterocycles. The number of nitrogens with zero attached hydrogens (tertiary/aromatic N) is 1. The van der Waals surface area contributed by atoms with E-state index < -0.39 is 0 Å². The van der Waals surface area contributed by atoms with Crippen molar-refractivity contribution in [3.8, 4) is 0 Å². The van der Waals surface area contributed by atoms with Crippen molar-refractivity contribution in [1.29, 1.82) is 0 Å². The quantitative estimate of drug-likeness (QED) is 0.412. The van der Waals surface area contributed by atoms with Crippen molar-refractivity contribution >= 4 is 12.0 Å². The Bertz CT molecular complexity index is 235. The van der Waals surface area contributed by atoms with Crippen molar-refractivity contribution in [3.63, 3.8) is 0 Å². The average Bonchev–Trinajstić information content (AvgIpc) is 1.95. The van der Waals surface area contributed by atoms with Crippen molar-refractivity contribution in [2.75, 3.05) is 6.54 Å². The van der Waals surface area contributed by atoms with E-state index in [0.717, 1.165) is 0 Å². The molecule has 3 nitrogen and oxygen atoms in total. The molecule has 0 aliphatic carbocycles. The topological polar surface area (TPSA) is 49.7 Å². The second-order valence-corrected chi connectivity index (χ2v) is 3.44. The van der Waals surface area contributed by atoms with Crippen LogP contribution in [0.3, 0.4) is 0 Å². The Hall–Kier alpha value is -1.12. The Morgan fingerprint density at radius 1 is 1.46 bits per heavy atom. The van der Waals surface area contributed by atoms with Crippen LogP contribution in [0.1, 0.15) is 27.7 Å². The summed E-state index contributed by atoms with van der Waals surface area (Å²) in [6.45, 7) is 7.65. The van der Waals surface area contributed by atoms with Crippen LogP contribution in [0.15, 0.2) is 16.3 Å². The Morgan fingerprint density at radius 3 is 2.31 bits per heavy atom. The summed E-state index contributed by atoms with van der Waals surface area (Å²) in [5.74, 6) is 0.330. The van der Waals surface area contributed by atoms with Crippen molar-refractivity contribution in [1.82, 2.24) is 0 Å². The van der Waals surface area contributed by atoms with Gasteiger partial charge in [0.15, 0.2) is 5.78 Å². The molecule has 74 valence electrons. The SMILES string of the molecule is CC(=O)/C(C=NCC(C)C)=C(/C)O. The number of carbonyl (C=O) groups excluding carboxylic acids is 1. The van der Waals surface area contributed by atoms with E-state index in [1.807, 2.05) is 13.8 Å². The molecule has 0 unspecified atom stereocenters. The molecule has 0 radical (unpaired) electrons. The zero-order chi connectivity index (χ0) is 10.4. The lowest BCUT2D eigenvalue weighted by atomic mass is 10.2. The van der Waals surface area contributed by atoms with Crippen LogP contribution in [0.5, 0.6) is 0 Å². The van der Waals surface area contributed by atoms with Gasteiger partial charge in [-0.2, -0.15) is 0 Å². The fourth-order valence-corrected chi connectivity index (χ4v) is 0.794. The lowest BCUT2D eigenvalue weighted by molar-refractivity contribution is -0.113. The highest BCUT2D eigenvalue weighted by Crippen LogP contribution is 2.00. The van der Waals surface area contributed by atoms with Gasteiger partial charge in [0.05, 0.1) is 5.57 Å². The minimum Gasteiger partial charge on any atom is -0.512 e. The van der Waals surface area contributed by atoms with Crippen molar-refractivity contribution in [2.24, 2.45) is 10.9 Å². The molecule has 1 N–H and O–H groups in total. The standard InChI is InChI=1S/C10H17NO2/c1-7(2)5-11-6-10(8(3)12)9(4)13/h6-7,12H,5H2,1-4H3/b10-8-,11-6?. The number of hydrogen-bond donors (Lipinski definition) is 1. The zero-order valence-corrected chi connectivity index (χ0v) is 8.66. The minimum absolute atomic E-state index is 0.0278. The van der Waals surface area contributed by atoms with Crippen LogP contribution in [0.4, 0.5) is 0 Å². The molecule has 0 bridgehead atoms. The van der Waals surface area contributed by atoms with Crippen molar-refractivity contribution < 1.29 is 9.90 Å². The van der Waals surface area contributed by atoms with Gasteiger partial charge in [-0.05, 0) is 19.8 Å². The summed E-state index contributed by atoms with van der Waals surface area (Å²) in [6.07, 6.45) is 1.44. The number of aliphatic hydroxyl groups excluding tert-OH is 1. The first kappa shape index (κ1) is 11.9. The van der Waals surface area contributed by atoms with Crippen LogP contribution < -0.4 is 0 Å². The van der Waals surface area contributed by atoms with E-state index in [1.165, 1.54) is 20.1 Å². The smallest absolute Gasteiger partial charge is 0.164 e. The van der Waals surface area contributed by atoms with Crippen LogP contribution in [-0.4, -0.2) is 23.6 Å². The Labute approximate surface area is 79.2 Å². The molecule has 0 fully saturated rings. The average molecular weight is 183 g/mol. The summed E-state index contributed by atoms with van der Waals surface area (Å²) in [6, 6.07) is 0. The molecule has 3 heteroatoms. The van der Waals surface area contributed by atoms with E-state index in [-0.39, 0.29) is 11.5 Å². The van der Waals surface area contributed by atoms with E-state index in [9.17, 15) is 4.79 Å². The van der Waals surface area contributed by atoms with Crippen LogP contribution in [-0.2, 0) is 4.79 Å². The van der Waals surface area contributed by atoms with E-state index in [0.29, 0.717) is 18.0 Å². The van der Waals surface area contributed by atoms with Crippen molar-refractivity contribution in [2.45, 2.75) is 27.7 Å². The lowest BCUT2D eigenvalue weighted by Gasteiger charge is -1.99. The van der Waals surface area contributed by atoms with Gasteiger partial charge in [0.1, 0.15) is 5.76 Å². The molecular formula is C10H17NO2. The summed E-state index contributed by atoms with van der Waals surface area (Å²) < 4.78 is 0. The van der Waals surface area contributed by atoms with Gasteiger partial charge in [0.25, 0.3) is 0 Å². The maximum absolute atomic E-state index is 11.0. The van der Waals surface area contributed by atoms with Gasteiger partial charge < -0.3 is 5.11 Å².